The third-order valence-corrected chi connectivity index (χ3v) is 3.37. The summed E-state index contributed by atoms with van der Waals surface area (Å²) in [6.45, 7) is 2.19. The van der Waals surface area contributed by atoms with Crippen LogP contribution < -0.4 is 10.6 Å². The standard InChI is InChI=1S/C13H26N2O2/c1-17-11-5-9-14-13(16)15-10-8-12-6-3-2-4-7-12/h12H,2-11H2,1H3,(H2,14,15,16). The van der Waals surface area contributed by atoms with Crippen molar-refractivity contribution in [1.29, 1.82) is 0 Å². The number of hydrogen-bond donors (Lipinski definition) is 2. The van der Waals surface area contributed by atoms with Crippen molar-refractivity contribution in [3.8, 4) is 0 Å². The van der Waals surface area contributed by atoms with E-state index < -0.39 is 0 Å². The number of nitrogens with one attached hydrogen (secondary N) is 2. The van der Waals surface area contributed by atoms with Crippen molar-refractivity contribution in [2.45, 2.75) is 44.9 Å². The van der Waals surface area contributed by atoms with Crippen LogP contribution in [0.5, 0.6) is 0 Å². The van der Waals surface area contributed by atoms with Gasteiger partial charge in [-0.15, -0.1) is 0 Å². The van der Waals surface area contributed by atoms with Gasteiger partial charge in [-0.3, -0.25) is 0 Å². The normalized spacial score (nSPS) is 16.8. The fourth-order valence-corrected chi connectivity index (χ4v) is 2.35. The average Bonchev–Trinajstić information content (AvgIpc) is 2.36. The van der Waals surface area contributed by atoms with Crippen LogP contribution in [0, 0.1) is 5.92 Å². The van der Waals surface area contributed by atoms with Gasteiger partial charge in [0, 0.05) is 26.8 Å². The maximum Gasteiger partial charge on any atom is 0.314 e. The van der Waals surface area contributed by atoms with Gasteiger partial charge in [0.25, 0.3) is 0 Å². The minimum absolute atomic E-state index is 0.0445. The third-order valence-electron chi connectivity index (χ3n) is 3.37. The summed E-state index contributed by atoms with van der Waals surface area (Å²) in [6, 6.07) is -0.0445. The Labute approximate surface area is 104 Å². The molecule has 0 spiro atoms. The van der Waals surface area contributed by atoms with Gasteiger partial charge in [0.1, 0.15) is 0 Å². The Morgan fingerprint density at radius 3 is 2.59 bits per heavy atom. The first kappa shape index (κ1) is 14.3. The summed E-state index contributed by atoms with van der Waals surface area (Å²) in [7, 11) is 1.67. The monoisotopic (exact) mass is 242 g/mol. The van der Waals surface area contributed by atoms with E-state index in [1.54, 1.807) is 7.11 Å². The molecule has 0 bridgehead atoms. The van der Waals surface area contributed by atoms with Crippen LogP contribution in [0.4, 0.5) is 4.79 Å². The fraction of sp³-hybridized carbons (Fsp3) is 0.923. The maximum atomic E-state index is 11.4. The zero-order valence-electron chi connectivity index (χ0n) is 11.0. The van der Waals surface area contributed by atoms with Gasteiger partial charge < -0.3 is 15.4 Å². The highest BCUT2D eigenvalue weighted by atomic mass is 16.5. The molecule has 0 unspecified atom stereocenters. The summed E-state index contributed by atoms with van der Waals surface area (Å²) >= 11 is 0. The summed E-state index contributed by atoms with van der Waals surface area (Å²) in [6.07, 6.45) is 8.82. The molecule has 2 amide bonds. The number of rotatable bonds is 7. The molecule has 0 aromatic rings. The molecule has 4 heteroatoms. The first-order valence-corrected chi connectivity index (χ1v) is 6.83. The number of carbonyl (C=O) groups excluding carboxylic acids is 1. The Bertz CT molecular complexity index is 204. The zero-order chi connectivity index (χ0) is 12.3. The lowest BCUT2D eigenvalue weighted by Gasteiger charge is -2.21. The zero-order valence-corrected chi connectivity index (χ0v) is 11.0. The van der Waals surface area contributed by atoms with Gasteiger partial charge in [-0.25, -0.2) is 4.79 Å². The quantitative estimate of drug-likeness (QED) is 0.673. The largest absolute Gasteiger partial charge is 0.385 e. The van der Waals surface area contributed by atoms with Crippen LogP contribution in [0.15, 0.2) is 0 Å². The van der Waals surface area contributed by atoms with Crippen molar-refractivity contribution in [2.75, 3.05) is 26.8 Å². The van der Waals surface area contributed by atoms with E-state index in [1.807, 2.05) is 0 Å². The second-order valence-corrected chi connectivity index (χ2v) is 4.82. The van der Waals surface area contributed by atoms with Crippen molar-refractivity contribution < 1.29 is 9.53 Å². The topological polar surface area (TPSA) is 50.4 Å². The first-order valence-electron chi connectivity index (χ1n) is 6.83. The molecule has 1 aliphatic rings. The molecule has 0 heterocycles. The Morgan fingerprint density at radius 1 is 1.18 bits per heavy atom. The number of ether oxygens (including phenoxy) is 1. The fourth-order valence-electron chi connectivity index (χ4n) is 2.35. The molecule has 0 atom stereocenters. The highest BCUT2D eigenvalue weighted by molar-refractivity contribution is 5.73. The molecule has 4 nitrogen and oxygen atoms in total. The molecular weight excluding hydrogens is 216 g/mol. The molecule has 1 aliphatic carbocycles. The Balaban J connectivity index is 1.92. The molecule has 1 saturated carbocycles. The van der Waals surface area contributed by atoms with Gasteiger partial charge in [-0.2, -0.15) is 0 Å². The van der Waals surface area contributed by atoms with Gasteiger partial charge in [0.2, 0.25) is 0 Å². The molecule has 0 aromatic heterocycles. The average molecular weight is 242 g/mol. The Kier molecular flexibility index (Phi) is 7.80. The summed E-state index contributed by atoms with van der Waals surface area (Å²) in [5.74, 6) is 0.831. The van der Waals surface area contributed by atoms with Gasteiger partial charge in [-0.05, 0) is 18.8 Å². The van der Waals surface area contributed by atoms with Crippen molar-refractivity contribution in [3.05, 3.63) is 0 Å². The Morgan fingerprint density at radius 2 is 1.88 bits per heavy atom. The molecule has 17 heavy (non-hydrogen) atoms. The minimum Gasteiger partial charge on any atom is -0.385 e. The van der Waals surface area contributed by atoms with Crippen LogP contribution >= 0.6 is 0 Å². The van der Waals surface area contributed by atoms with E-state index in [9.17, 15) is 4.79 Å². The number of amides is 2. The minimum atomic E-state index is -0.0445. The second kappa shape index (κ2) is 9.28. The van der Waals surface area contributed by atoms with E-state index in [0.717, 1.165) is 25.3 Å². The number of methoxy groups -OCH3 is 1. The lowest BCUT2D eigenvalue weighted by atomic mass is 9.87. The number of carbonyl (C=O) groups is 1. The van der Waals surface area contributed by atoms with Crippen molar-refractivity contribution >= 4 is 6.03 Å². The van der Waals surface area contributed by atoms with Gasteiger partial charge in [0.05, 0.1) is 0 Å². The molecule has 0 aromatic carbocycles. The van der Waals surface area contributed by atoms with Crippen molar-refractivity contribution in [3.63, 3.8) is 0 Å². The third kappa shape index (κ3) is 7.21. The smallest absolute Gasteiger partial charge is 0.314 e. The van der Waals surface area contributed by atoms with E-state index in [4.69, 9.17) is 4.74 Å². The Hall–Kier alpha value is -0.770. The lowest BCUT2D eigenvalue weighted by molar-refractivity contribution is 0.193. The second-order valence-electron chi connectivity index (χ2n) is 4.82. The van der Waals surface area contributed by atoms with Crippen molar-refractivity contribution in [2.24, 2.45) is 5.92 Å². The molecule has 0 saturated heterocycles. The van der Waals surface area contributed by atoms with E-state index in [0.29, 0.717) is 13.2 Å². The summed E-state index contributed by atoms with van der Waals surface area (Å²) < 4.78 is 4.91. The van der Waals surface area contributed by atoms with Crippen LogP contribution in [0.25, 0.3) is 0 Å². The van der Waals surface area contributed by atoms with Crippen molar-refractivity contribution in [1.82, 2.24) is 10.6 Å². The van der Waals surface area contributed by atoms with Crippen LogP contribution in [-0.4, -0.2) is 32.8 Å². The van der Waals surface area contributed by atoms with E-state index in [2.05, 4.69) is 10.6 Å². The predicted octanol–water partition coefficient (Wildman–Crippen LogP) is 2.29. The molecule has 1 rings (SSSR count). The number of urea groups is 1. The molecule has 2 N–H and O–H groups in total. The van der Waals surface area contributed by atoms with Crippen LogP contribution in [0.3, 0.4) is 0 Å². The summed E-state index contributed by atoms with van der Waals surface area (Å²) in [5, 5.41) is 5.74. The maximum absolute atomic E-state index is 11.4. The highest BCUT2D eigenvalue weighted by Gasteiger charge is 2.12. The molecular formula is C13H26N2O2. The van der Waals surface area contributed by atoms with Gasteiger partial charge in [-0.1, -0.05) is 32.1 Å². The molecule has 1 fully saturated rings. The summed E-state index contributed by atoms with van der Waals surface area (Å²) in [5.41, 5.74) is 0. The molecule has 100 valence electrons. The summed E-state index contributed by atoms with van der Waals surface area (Å²) in [4.78, 5) is 11.4. The highest BCUT2D eigenvalue weighted by Crippen LogP contribution is 2.25. The van der Waals surface area contributed by atoms with Crippen LogP contribution in [-0.2, 0) is 4.74 Å². The van der Waals surface area contributed by atoms with E-state index in [-0.39, 0.29) is 6.03 Å². The predicted molar refractivity (Wildman–Crippen MR) is 69.1 cm³/mol. The number of hydrogen-bond acceptors (Lipinski definition) is 2. The van der Waals surface area contributed by atoms with Crippen LogP contribution in [0.2, 0.25) is 0 Å². The van der Waals surface area contributed by atoms with Gasteiger partial charge >= 0.3 is 6.03 Å². The molecule has 0 radical (unpaired) electrons. The van der Waals surface area contributed by atoms with Gasteiger partial charge in [0.15, 0.2) is 0 Å². The van der Waals surface area contributed by atoms with E-state index >= 15 is 0 Å². The van der Waals surface area contributed by atoms with Crippen LogP contribution in [0.1, 0.15) is 44.9 Å². The SMILES string of the molecule is COCCCNC(=O)NCCC1CCCCC1. The first-order chi connectivity index (χ1) is 8.33. The lowest BCUT2D eigenvalue weighted by Crippen LogP contribution is -2.37. The van der Waals surface area contributed by atoms with E-state index in [1.165, 1.54) is 32.1 Å². The molecule has 0 aliphatic heterocycles.